The Bertz CT molecular complexity index is 598. The van der Waals surface area contributed by atoms with Gasteiger partial charge in [0.1, 0.15) is 6.04 Å². The van der Waals surface area contributed by atoms with Crippen molar-refractivity contribution in [1.82, 2.24) is 15.5 Å². The van der Waals surface area contributed by atoms with Crippen LogP contribution in [0.2, 0.25) is 0 Å². The van der Waals surface area contributed by atoms with Crippen LogP contribution in [0, 0.1) is 0 Å². The van der Waals surface area contributed by atoms with Crippen LogP contribution in [0.1, 0.15) is 31.7 Å². The zero-order valence-corrected chi connectivity index (χ0v) is 14.3. The summed E-state index contributed by atoms with van der Waals surface area (Å²) in [5.74, 6) is -0.0925. The molecule has 0 bridgehead atoms. The lowest BCUT2D eigenvalue weighted by atomic mass is 10.1. The van der Waals surface area contributed by atoms with Gasteiger partial charge in [-0.25, -0.2) is 4.79 Å². The fourth-order valence-electron chi connectivity index (χ4n) is 3.44. The van der Waals surface area contributed by atoms with E-state index in [0.717, 1.165) is 18.7 Å². The number of piperidine rings is 1. The van der Waals surface area contributed by atoms with Gasteiger partial charge in [0.15, 0.2) is 0 Å². The second-order valence-electron chi connectivity index (χ2n) is 6.50. The monoisotopic (exact) mass is 330 g/mol. The Morgan fingerprint density at radius 2 is 1.96 bits per heavy atom. The number of urea groups is 1. The van der Waals surface area contributed by atoms with Crippen molar-refractivity contribution in [2.45, 2.75) is 38.8 Å². The number of carbonyl (C=O) groups is 2. The van der Waals surface area contributed by atoms with Gasteiger partial charge in [-0.2, -0.15) is 0 Å². The molecule has 1 aromatic rings. The molecule has 0 aliphatic carbocycles. The largest absolute Gasteiger partial charge is 0.371 e. The number of nitrogens with zero attached hydrogens (tertiary/aromatic N) is 2. The van der Waals surface area contributed by atoms with E-state index in [1.54, 1.807) is 11.8 Å². The molecule has 0 radical (unpaired) electrons. The highest BCUT2D eigenvalue weighted by molar-refractivity contribution is 5.87. The first-order valence-corrected chi connectivity index (χ1v) is 8.82. The summed E-state index contributed by atoms with van der Waals surface area (Å²) in [6.45, 7) is 5.46. The molecule has 0 spiro atoms. The molecule has 3 amide bonds. The summed E-state index contributed by atoms with van der Waals surface area (Å²) in [6.07, 6.45) is 3.74. The maximum absolute atomic E-state index is 12.4. The van der Waals surface area contributed by atoms with Crippen LogP contribution in [0.3, 0.4) is 0 Å². The number of amides is 3. The number of benzene rings is 1. The van der Waals surface area contributed by atoms with Crippen molar-refractivity contribution in [3.8, 4) is 0 Å². The van der Waals surface area contributed by atoms with Gasteiger partial charge in [0.2, 0.25) is 5.91 Å². The Kier molecular flexibility index (Phi) is 5.23. The van der Waals surface area contributed by atoms with E-state index in [0.29, 0.717) is 19.6 Å². The molecule has 0 saturated carbocycles. The summed E-state index contributed by atoms with van der Waals surface area (Å²) >= 11 is 0. The standard InChI is InChI=1S/C18H26N4O2/c1-14-17(23)19-9-12-22(14)18(24)20-13-15-7-3-4-8-16(15)21-10-5-2-6-11-21/h3-4,7-8,14H,2,5-6,9-13H2,1H3,(H,19,23)(H,20,24)/t14-/m0/s1. The van der Waals surface area contributed by atoms with E-state index in [1.807, 2.05) is 12.1 Å². The lowest BCUT2D eigenvalue weighted by Crippen LogP contribution is -2.58. The molecule has 1 atom stereocenters. The Balaban J connectivity index is 1.64. The highest BCUT2D eigenvalue weighted by atomic mass is 16.2. The molecule has 130 valence electrons. The van der Waals surface area contributed by atoms with Crippen molar-refractivity contribution in [3.05, 3.63) is 29.8 Å². The second kappa shape index (κ2) is 7.55. The van der Waals surface area contributed by atoms with Crippen molar-refractivity contribution in [3.63, 3.8) is 0 Å². The fourth-order valence-corrected chi connectivity index (χ4v) is 3.44. The zero-order valence-electron chi connectivity index (χ0n) is 14.3. The van der Waals surface area contributed by atoms with Crippen molar-refractivity contribution in [2.24, 2.45) is 0 Å². The van der Waals surface area contributed by atoms with Crippen LogP contribution >= 0.6 is 0 Å². The van der Waals surface area contributed by atoms with Crippen LogP contribution < -0.4 is 15.5 Å². The summed E-state index contributed by atoms with van der Waals surface area (Å²) in [7, 11) is 0. The third-order valence-corrected chi connectivity index (χ3v) is 4.88. The molecule has 2 fully saturated rings. The minimum Gasteiger partial charge on any atom is -0.371 e. The molecule has 2 heterocycles. The number of hydrogen-bond donors (Lipinski definition) is 2. The average molecular weight is 330 g/mol. The Labute approximate surface area is 143 Å². The van der Waals surface area contributed by atoms with E-state index in [2.05, 4.69) is 27.7 Å². The molecule has 2 saturated heterocycles. The van der Waals surface area contributed by atoms with Gasteiger partial charge in [0.25, 0.3) is 0 Å². The maximum atomic E-state index is 12.4. The number of hydrogen-bond acceptors (Lipinski definition) is 3. The molecular weight excluding hydrogens is 304 g/mol. The van der Waals surface area contributed by atoms with Gasteiger partial charge in [0.05, 0.1) is 0 Å². The molecule has 2 N–H and O–H groups in total. The predicted molar refractivity (Wildman–Crippen MR) is 93.9 cm³/mol. The summed E-state index contributed by atoms with van der Waals surface area (Å²) in [6, 6.07) is 7.65. The molecule has 0 unspecified atom stereocenters. The minimum atomic E-state index is -0.420. The Morgan fingerprint density at radius 1 is 1.21 bits per heavy atom. The van der Waals surface area contributed by atoms with Gasteiger partial charge in [-0.1, -0.05) is 18.2 Å². The molecule has 3 rings (SSSR count). The number of para-hydroxylation sites is 1. The average Bonchev–Trinajstić information content (AvgIpc) is 2.63. The highest BCUT2D eigenvalue weighted by Crippen LogP contribution is 2.24. The van der Waals surface area contributed by atoms with Crippen LogP contribution in [-0.2, 0) is 11.3 Å². The van der Waals surface area contributed by atoms with Crippen LogP contribution in [0.25, 0.3) is 0 Å². The van der Waals surface area contributed by atoms with Gasteiger partial charge in [0, 0.05) is 38.4 Å². The molecule has 2 aliphatic heterocycles. The predicted octanol–water partition coefficient (Wildman–Crippen LogP) is 1.71. The molecular formula is C18H26N4O2. The zero-order chi connectivity index (χ0) is 16.9. The van der Waals surface area contributed by atoms with Gasteiger partial charge in [-0.05, 0) is 37.8 Å². The molecule has 1 aromatic carbocycles. The Hall–Kier alpha value is -2.24. The van der Waals surface area contributed by atoms with Crippen LogP contribution in [0.4, 0.5) is 10.5 Å². The number of rotatable bonds is 3. The summed E-state index contributed by atoms with van der Waals surface area (Å²) in [5, 5.41) is 5.75. The first-order chi connectivity index (χ1) is 11.7. The smallest absolute Gasteiger partial charge is 0.318 e. The van der Waals surface area contributed by atoms with Gasteiger partial charge < -0.3 is 20.4 Å². The van der Waals surface area contributed by atoms with Crippen molar-refractivity contribution >= 4 is 17.6 Å². The van der Waals surface area contributed by atoms with Crippen molar-refractivity contribution in [2.75, 3.05) is 31.1 Å². The van der Waals surface area contributed by atoms with E-state index in [9.17, 15) is 9.59 Å². The highest BCUT2D eigenvalue weighted by Gasteiger charge is 2.29. The van der Waals surface area contributed by atoms with Crippen LogP contribution in [0.15, 0.2) is 24.3 Å². The van der Waals surface area contributed by atoms with Crippen LogP contribution in [0.5, 0.6) is 0 Å². The number of anilines is 1. The first kappa shape index (κ1) is 16.6. The normalized spacial score (nSPS) is 21.4. The van der Waals surface area contributed by atoms with E-state index < -0.39 is 6.04 Å². The van der Waals surface area contributed by atoms with E-state index in [1.165, 1.54) is 24.9 Å². The van der Waals surface area contributed by atoms with Crippen molar-refractivity contribution in [1.29, 1.82) is 0 Å². The number of carbonyl (C=O) groups excluding carboxylic acids is 2. The van der Waals surface area contributed by atoms with Gasteiger partial charge in [-0.3, -0.25) is 4.79 Å². The molecule has 0 aromatic heterocycles. The molecule has 6 nitrogen and oxygen atoms in total. The van der Waals surface area contributed by atoms with Gasteiger partial charge >= 0.3 is 6.03 Å². The Morgan fingerprint density at radius 3 is 2.75 bits per heavy atom. The molecule has 6 heteroatoms. The van der Waals surface area contributed by atoms with E-state index in [-0.39, 0.29) is 11.9 Å². The lowest BCUT2D eigenvalue weighted by Gasteiger charge is -2.33. The molecule has 24 heavy (non-hydrogen) atoms. The van der Waals surface area contributed by atoms with Crippen molar-refractivity contribution < 1.29 is 9.59 Å². The second-order valence-corrected chi connectivity index (χ2v) is 6.50. The van der Waals surface area contributed by atoms with E-state index >= 15 is 0 Å². The van der Waals surface area contributed by atoms with E-state index in [4.69, 9.17) is 0 Å². The quantitative estimate of drug-likeness (QED) is 0.887. The lowest BCUT2D eigenvalue weighted by molar-refractivity contribution is -0.126. The topological polar surface area (TPSA) is 64.7 Å². The summed E-state index contributed by atoms with van der Waals surface area (Å²) in [4.78, 5) is 28.1. The summed E-state index contributed by atoms with van der Waals surface area (Å²) < 4.78 is 0. The number of piperazine rings is 1. The minimum absolute atomic E-state index is 0.0925. The third kappa shape index (κ3) is 3.63. The summed E-state index contributed by atoms with van der Waals surface area (Å²) in [5.41, 5.74) is 2.34. The number of nitrogens with one attached hydrogen (secondary N) is 2. The van der Waals surface area contributed by atoms with Crippen LogP contribution in [-0.4, -0.2) is 49.1 Å². The molecule has 2 aliphatic rings. The van der Waals surface area contributed by atoms with Gasteiger partial charge in [-0.15, -0.1) is 0 Å². The maximum Gasteiger partial charge on any atom is 0.318 e. The third-order valence-electron chi connectivity index (χ3n) is 4.88. The fraction of sp³-hybridized carbons (Fsp3) is 0.556. The first-order valence-electron chi connectivity index (χ1n) is 8.82. The SMILES string of the molecule is C[C@H]1C(=O)NCCN1C(=O)NCc1ccccc1N1CCCCC1.